The van der Waals surface area contributed by atoms with E-state index in [0.717, 1.165) is 23.5 Å². The zero-order valence-corrected chi connectivity index (χ0v) is 14.9. The number of hydrogen-bond acceptors (Lipinski definition) is 6. The Bertz CT molecular complexity index is 1040. The molecule has 0 aliphatic rings. The number of thiazole rings is 1. The highest BCUT2D eigenvalue weighted by molar-refractivity contribution is 7.16. The van der Waals surface area contributed by atoms with Gasteiger partial charge in [-0.05, 0) is 31.2 Å². The van der Waals surface area contributed by atoms with E-state index in [4.69, 9.17) is 4.74 Å². The smallest absolute Gasteiger partial charge is 0.417 e. The van der Waals surface area contributed by atoms with E-state index in [2.05, 4.69) is 9.72 Å². The number of pyridine rings is 1. The minimum Gasteiger partial charge on any atom is -0.479 e. The first-order valence-electron chi connectivity index (χ1n) is 7.64. The van der Waals surface area contributed by atoms with Crippen molar-refractivity contribution >= 4 is 27.5 Å². The molecule has 0 spiro atoms. The van der Waals surface area contributed by atoms with Crippen molar-refractivity contribution in [2.75, 3.05) is 7.11 Å². The molecule has 1 aromatic carbocycles. The Balaban J connectivity index is 2.03. The van der Waals surface area contributed by atoms with E-state index >= 15 is 0 Å². The van der Waals surface area contributed by atoms with Gasteiger partial charge in [0.15, 0.2) is 6.10 Å². The van der Waals surface area contributed by atoms with Crippen molar-refractivity contribution in [1.29, 1.82) is 0 Å². The number of hydrogen-bond donors (Lipinski definition) is 0. The molecule has 0 N–H and O–H groups in total. The molecule has 10 heteroatoms. The quantitative estimate of drug-likeness (QED) is 0.630. The Morgan fingerprint density at radius 2 is 2.00 bits per heavy atom. The summed E-state index contributed by atoms with van der Waals surface area (Å²) in [6, 6.07) is 6.72. The first-order chi connectivity index (χ1) is 12.7. The van der Waals surface area contributed by atoms with E-state index in [1.165, 1.54) is 24.7 Å². The molecule has 2 aromatic heterocycles. The van der Waals surface area contributed by atoms with Gasteiger partial charge < -0.3 is 9.47 Å². The standard InChI is InChI=1S/C17H13F3N2O4S/c1-9(15(23)25-2)26-11-4-5-13-12(7-11)22(16(24)27-13)14-6-3-10(8-21-14)17(18,19)20/h3-9H,1-2H3. The van der Waals surface area contributed by atoms with Crippen LogP contribution in [0.15, 0.2) is 41.3 Å². The van der Waals surface area contributed by atoms with Crippen LogP contribution in [0.4, 0.5) is 13.2 Å². The van der Waals surface area contributed by atoms with E-state index in [0.29, 0.717) is 22.2 Å². The largest absolute Gasteiger partial charge is 0.479 e. The zero-order valence-electron chi connectivity index (χ0n) is 14.1. The number of nitrogens with zero attached hydrogens (tertiary/aromatic N) is 2. The second kappa shape index (κ2) is 7.03. The number of aromatic nitrogens is 2. The fourth-order valence-corrected chi connectivity index (χ4v) is 3.25. The second-order valence-electron chi connectivity index (χ2n) is 5.52. The van der Waals surface area contributed by atoms with Crippen LogP contribution in [-0.2, 0) is 15.7 Å². The summed E-state index contributed by atoms with van der Waals surface area (Å²) >= 11 is 0.920. The Morgan fingerprint density at radius 1 is 1.26 bits per heavy atom. The molecular formula is C17H13F3N2O4S. The van der Waals surface area contributed by atoms with Crippen molar-refractivity contribution in [3.05, 3.63) is 51.8 Å². The molecule has 1 atom stereocenters. The molecule has 0 aliphatic carbocycles. The molecule has 6 nitrogen and oxygen atoms in total. The molecular weight excluding hydrogens is 385 g/mol. The molecule has 27 heavy (non-hydrogen) atoms. The van der Waals surface area contributed by atoms with Gasteiger partial charge in [-0.1, -0.05) is 11.3 Å². The summed E-state index contributed by atoms with van der Waals surface area (Å²) in [5.41, 5.74) is -0.499. The van der Waals surface area contributed by atoms with Crippen molar-refractivity contribution in [3.63, 3.8) is 0 Å². The van der Waals surface area contributed by atoms with Gasteiger partial charge in [-0.15, -0.1) is 0 Å². The highest BCUT2D eigenvalue weighted by atomic mass is 32.1. The second-order valence-corrected chi connectivity index (χ2v) is 6.51. The Morgan fingerprint density at radius 3 is 2.59 bits per heavy atom. The van der Waals surface area contributed by atoms with Gasteiger partial charge in [0.2, 0.25) is 0 Å². The van der Waals surface area contributed by atoms with Crippen molar-refractivity contribution < 1.29 is 27.4 Å². The number of methoxy groups -OCH3 is 1. The van der Waals surface area contributed by atoms with Crippen LogP contribution >= 0.6 is 11.3 Å². The SMILES string of the molecule is COC(=O)C(C)Oc1ccc2sc(=O)n(-c3ccc(C(F)(F)F)cn3)c2c1. The van der Waals surface area contributed by atoms with Crippen LogP contribution in [0.1, 0.15) is 12.5 Å². The third-order valence-electron chi connectivity index (χ3n) is 3.70. The maximum atomic E-state index is 12.7. The van der Waals surface area contributed by atoms with Crippen molar-refractivity contribution in [1.82, 2.24) is 9.55 Å². The lowest BCUT2D eigenvalue weighted by atomic mass is 10.2. The number of esters is 1. The number of carbonyl (C=O) groups excluding carboxylic acids is 1. The van der Waals surface area contributed by atoms with Crippen LogP contribution in [0, 0.1) is 0 Å². The summed E-state index contributed by atoms with van der Waals surface area (Å²) in [6.45, 7) is 1.51. The fraction of sp³-hybridized carbons (Fsp3) is 0.235. The highest BCUT2D eigenvalue weighted by Gasteiger charge is 2.30. The molecule has 0 amide bonds. The van der Waals surface area contributed by atoms with Crippen LogP contribution in [-0.4, -0.2) is 28.7 Å². The van der Waals surface area contributed by atoms with Crippen molar-refractivity contribution in [3.8, 4) is 11.6 Å². The van der Waals surface area contributed by atoms with Crippen molar-refractivity contribution in [2.24, 2.45) is 0 Å². The average Bonchev–Trinajstić information content (AvgIpc) is 2.95. The topological polar surface area (TPSA) is 70.4 Å². The molecule has 1 unspecified atom stereocenters. The number of benzene rings is 1. The molecule has 0 aliphatic heterocycles. The van der Waals surface area contributed by atoms with E-state index in [-0.39, 0.29) is 5.82 Å². The monoisotopic (exact) mass is 398 g/mol. The molecule has 0 saturated carbocycles. The number of halogens is 3. The number of fused-ring (bicyclic) bond motifs is 1. The third-order valence-corrected chi connectivity index (χ3v) is 4.62. The normalized spacial score (nSPS) is 12.8. The lowest BCUT2D eigenvalue weighted by molar-refractivity contribution is -0.148. The first kappa shape index (κ1) is 18.9. The van der Waals surface area contributed by atoms with Gasteiger partial charge in [-0.25, -0.2) is 9.78 Å². The predicted molar refractivity (Wildman–Crippen MR) is 92.3 cm³/mol. The lowest BCUT2D eigenvalue weighted by Gasteiger charge is -2.12. The Labute approximate surface area is 154 Å². The lowest BCUT2D eigenvalue weighted by Crippen LogP contribution is -2.24. The van der Waals surface area contributed by atoms with Crippen LogP contribution in [0.25, 0.3) is 16.0 Å². The first-order valence-corrected chi connectivity index (χ1v) is 8.46. The minimum atomic E-state index is -4.52. The predicted octanol–water partition coefficient (Wildman–Crippen LogP) is 3.41. The van der Waals surface area contributed by atoms with Gasteiger partial charge in [-0.3, -0.25) is 9.36 Å². The molecule has 142 valence electrons. The van der Waals surface area contributed by atoms with Gasteiger partial charge >= 0.3 is 17.0 Å². The summed E-state index contributed by atoms with van der Waals surface area (Å²) < 4.78 is 50.0. The van der Waals surface area contributed by atoms with Crippen LogP contribution < -0.4 is 9.61 Å². The van der Waals surface area contributed by atoms with Gasteiger partial charge in [0, 0.05) is 12.3 Å². The third kappa shape index (κ3) is 3.80. The van der Waals surface area contributed by atoms with Crippen LogP contribution in [0.3, 0.4) is 0 Å². The van der Waals surface area contributed by atoms with Crippen LogP contribution in [0.2, 0.25) is 0 Å². The average molecular weight is 398 g/mol. The van der Waals surface area contributed by atoms with E-state index in [1.807, 2.05) is 0 Å². The van der Waals surface area contributed by atoms with Gasteiger partial charge in [0.1, 0.15) is 11.6 Å². The summed E-state index contributed by atoms with van der Waals surface area (Å²) in [5.74, 6) is -0.210. The highest BCUT2D eigenvalue weighted by Crippen LogP contribution is 2.30. The van der Waals surface area contributed by atoms with E-state index in [9.17, 15) is 22.8 Å². The zero-order chi connectivity index (χ0) is 19.8. The summed E-state index contributed by atoms with van der Waals surface area (Å²) in [6.07, 6.45) is -4.71. The van der Waals surface area contributed by atoms with Gasteiger partial charge in [-0.2, -0.15) is 13.2 Å². The maximum absolute atomic E-state index is 12.7. The van der Waals surface area contributed by atoms with E-state index in [1.54, 1.807) is 12.1 Å². The maximum Gasteiger partial charge on any atom is 0.417 e. The van der Waals surface area contributed by atoms with Crippen molar-refractivity contribution in [2.45, 2.75) is 19.2 Å². The Kier molecular flexibility index (Phi) is 4.92. The number of alkyl halides is 3. The summed E-state index contributed by atoms with van der Waals surface area (Å²) in [7, 11) is 1.23. The molecule has 0 fully saturated rings. The van der Waals surface area contributed by atoms with Gasteiger partial charge in [0.05, 0.1) is 22.9 Å². The molecule has 3 rings (SSSR count). The fourth-order valence-electron chi connectivity index (χ4n) is 2.39. The van der Waals surface area contributed by atoms with Crippen LogP contribution in [0.5, 0.6) is 5.75 Å². The molecule has 0 bridgehead atoms. The number of rotatable bonds is 4. The summed E-state index contributed by atoms with van der Waals surface area (Å²) in [5, 5.41) is 0. The molecule has 0 saturated heterocycles. The molecule has 0 radical (unpaired) electrons. The summed E-state index contributed by atoms with van der Waals surface area (Å²) in [4.78, 5) is 27.2. The van der Waals surface area contributed by atoms with Gasteiger partial charge in [0.25, 0.3) is 0 Å². The van der Waals surface area contributed by atoms with E-state index < -0.39 is 28.7 Å². The molecule has 2 heterocycles. The Hall–Kier alpha value is -2.88. The minimum absolute atomic E-state index is 0.0532. The molecule has 3 aromatic rings. The number of ether oxygens (including phenoxy) is 2. The number of carbonyl (C=O) groups is 1.